The molecular formula is C8H7FN4O. The number of halogens is 1. The zero-order valence-corrected chi connectivity index (χ0v) is 7.04. The Bertz CT molecular complexity index is 516. The lowest BCUT2D eigenvalue weighted by Gasteiger charge is -1.98. The highest BCUT2D eigenvalue weighted by Crippen LogP contribution is 2.19. The Morgan fingerprint density at radius 3 is 2.79 bits per heavy atom. The first-order chi connectivity index (χ1) is 6.66. The number of aromatic amines is 2. The lowest BCUT2D eigenvalue weighted by atomic mass is 10.2. The number of nitrogens with one attached hydrogen (secondary N) is 2. The van der Waals surface area contributed by atoms with Gasteiger partial charge < -0.3 is 5.73 Å². The van der Waals surface area contributed by atoms with Gasteiger partial charge in [-0.3, -0.25) is 4.98 Å². The third kappa shape index (κ3) is 1.37. The lowest BCUT2D eigenvalue weighted by molar-refractivity contribution is 0.630. The average molecular weight is 194 g/mol. The van der Waals surface area contributed by atoms with E-state index in [1.807, 2.05) is 0 Å². The van der Waals surface area contributed by atoms with Gasteiger partial charge in [-0.15, -0.1) is 0 Å². The van der Waals surface area contributed by atoms with Crippen LogP contribution in [0.15, 0.2) is 23.0 Å². The van der Waals surface area contributed by atoms with Gasteiger partial charge in [-0.2, -0.15) is 5.10 Å². The first kappa shape index (κ1) is 8.49. The predicted molar refractivity (Wildman–Crippen MR) is 49.0 cm³/mol. The van der Waals surface area contributed by atoms with Gasteiger partial charge in [0.05, 0.1) is 5.56 Å². The molecule has 0 aliphatic rings. The summed E-state index contributed by atoms with van der Waals surface area (Å²) in [5, 5.41) is 5.75. The fourth-order valence-electron chi connectivity index (χ4n) is 1.12. The van der Waals surface area contributed by atoms with Crippen LogP contribution < -0.4 is 11.4 Å². The number of rotatable bonds is 1. The zero-order valence-electron chi connectivity index (χ0n) is 7.04. The Kier molecular flexibility index (Phi) is 1.81. The molecule has 1 aromatic carbocycles. The number of hydrogen-bond donors (Lipinski definition) is 3. The largest absolute Gasteiger partial charge is 0.399 e. The summed E-state index contributed by atoms with van der Waals surface area (Å²) in [4.78, 5) is 13.1. The molecule has 0 bridgehead atoms. The maximum atomic E-state index is 13.3. The van der Waals surface area contributed by atoms with Crippen molar-refractivity contribution >= 4 is 5.69 Å². The van der Waals surface area contributed by atoms with Gasteiger partial charge in [0.1, 0.15) is 5.82 Å². The molecule has 0 aliphatic carbocycles. The van der Waals surface area contributed by atoms with Gasteiger partial charge in [-0.1, -0.05) is 0 Å². The molecule has 2 aromatic rings. The van der Waals surface area contributed by atoms with Gasteiger partial charge in [-0.25, -0.2) is 14.3 Å². The van der Waals surface area contributed by atoms with Crippen molar-refractivity contribution in [3.63, 3.8) is 0 Å². The number of nitrogens with two attached hydrogens (primary N) is 1. The highest BCUT2D eigenvalue weighted by atomic mass is 19.1. The van der Waals surface area contributed by atoms with Crippen LogP contribution in [-0.4, -0.2) is 15.2 Å². The van der Waals surface area contributed by atoms with E-state index in [9.17, 15) is 9.18 Å². The first-order valence-corrected chi connectivity index (χ1v) is 3.87. The molecule has 0 atom stereocenters. The van der Waals surface area contributed by atoms with Crippen molar-refractivity contribution in [1.82, 2.24) is 15.2 Å². The number of nitrogen functional groups attached to an aromatic ring is 1. The molecule has 0 radical (unpaired) electrons. The van der Waals surface area contributed by atoms with E-state index in [0.29, 0.717) is 5.69 Å². The lowest BCUT2D eigenvalue weighted by Crippen LogP contribution is -2.00. The fourth-order valence-corrected chi connectivity index (χ4v) is 1.12. The van der Waals surface area contributed by atoms with E-state index in [1.54, 1.807) is 0 Å². The quantitative estimate of drug-likeness (QED) is 0.577. The van der Waals surface area contributed by atoms with Crippen molar-refractivity contribution < 1.29 is 4.39 Å². The van der Waals surface area contributed by atoms with Crippen molar-refractivity contribution in [2.45, 2.75) is 0 Å². The van der Waals surface area contributed by atoms with Gasteiger partial charge in [0.25, 0.3) is 0 Å². The molecule has 0 spiro atoms. The molecule has 0 amide bonds. The van der Waals surface area contributed by atoms with Crippen molar-refractivity contribution in [3.05, 3.63) is 34.5 Å². The summed E-state index contributed by atoms with van der Waals surface area (Å²) in [6, 6.07) is 4.16. The topological polar surface area (TPSA) is 87.6 Å². The summed E-state index contributed by atoms with van der Waals surface area (Å²) >= 11 is 0. The van der Waals surface area contributed by atoms with Crippen molar-refractivity contribution in [2.24, 2.45) is 0 Å². The molecule has 0 aliphatic heterocycles. The Balaban J connectivity index is 2.57. The summed E-state index contributed by atoms with van der Waals surface area (Å²) in [7, 11) is 0. The molecule has 1 heterocycles. The Morgan fingerprint density at radius 1 is 1.43 bits per heavy atom. The molecule has 0 saturated carbocycles. The second-order valence-corrected chi connectivity index (χ2v) is 2.77. The second-order valence-electron chi connectivity index (χ2n) is 2.77. The minimum atomic E-state index is -0.521. The Morgan fingerprint density at radius 2 is 2.21 bits per heavy atom. The smallest absolute Gasteiger partial charge is 0.340 e. The highest BCUT2D eigenvalue weighted by molar-refractivity contribution is 5.59. The summed E-state index contributed by atoms with van der Waals surface area (Å²) in [5.41, 5.74) is 5.42. The van der Waals surface area contributed by atoms with E-state index >= 15 is 0 Å². The number of anilines is 1. The minimum Gasteiger partial charge on any atom is -0.399 e. The normalized spacial score (nSPS) is 10.4. The van der Waals surface area contributed by atoms with Crippen LogP contribution in [0, 0.1) is 5.82 Å². The second kappa shape index (κ2) is 2.99. The highest BCUT2D eigenvalue weighted by Gasteiger charge is 2.08. The average Bonchev–Trinajstić information content (AvgIpc) is 2.51. The molecule has 4 N–H and O–H groups in total. The number of aromatic nitrogens is 3. The molecule has 0 unspecified atom stereocenters. The molecule has 72 valence electrons. The summed E-state index contributed by atoms with van der Waals surface area (Å²) in [5.74, 6) is -0.361. The summed E-state index contributed by atoms with van der Waals surface area (Å²) in [6.45, 7) is 0. The molecule has 5 nitrogen and oxygen atoms in total. The maximum absolute atomic E-state index is 13.3. The standard InChI is InChI=1S/C8H7FN4O/c9-6-3-4(10)1-2-5(6)7-11-8(14)13-12-7/h1-3H,10H2,(H2,11,12,13,14). The van der Waals surface area contributed by atoms with Crippen LogP contribution in [0.5, 0.6) is 0 Å². The van der Waals surface area contributed by atoms with E-state index in [-0.39, 0.29) is 11.4 Å². The van der Waals surface area contributed by atoms with Gasteiger partial charge in [0.15, 0.2) is 5.82 Å². The van der Waals surface area contributed by atoms with Crippen molar-refractivity contribution in [3.8, 4) is 11.4 Å². The number of benzene rings is 1. The van der Waals surface area contributed by atoms with Crippen LogP contribution >= 0.6 is 0 Å². The summed E-state index contributed by atoms with van der Waals surface area (Å²) in [6.07, 6.45) is 0. The molecule has 0 saturated heterocycles. The third-order valence-electron chi connectivity index (χ3n) is 1.75. The van der Waals surface area contributed by atoms with Crippen LogP contribution in [0.1, 0.15) is 0 Å². The van der Waals surface area contributed by atoms with Crippen molar-refractivity contribution in [2.75, 3.05) is 5.73 Å². The molecular weight excluding hydrogens is 187 g/mol. The maximum Gasteiger partial charge on any atom is 0.340 e. The molecule has 1 aromatic heterocycles. The van der Waals surface area contributed by atoms with Crippen LogP contribution in [0.2, 0.25) is 0 Å². The molecule has 2 rings (SSSR count). The van der Waals surface area contributed by atoms with Gasteiger partial charge in [0, 0.05) is 5.69 Å². The number of hydrogen-bond acceptors (Lipinski definition) is 3. The van der Waals surface area contributed by atoms with Crippen LogP contribution in [0.3, 0.4) is 0 Å². The van der Waals surface area contributed by atoms with Crippen LogP contribution in [0.4, 0.5) is 10.1 Å². The Hall–Kier alpha value is -2.11. The van der Waals surface area contributed by atoms with Crippen molar-refractivity contribution in [1.29, 1.82) is 0 Å². The van der Waals surface area contributed by atoms with E-state index in [4.69, 9.17) is 5.73 Å². The van der Waals surface area contributed by atoms with E-state index < -0.39 is 11.5 Å². The first-order valence-electron chi connectivity index (χ1n) is 3.87. The van der Waals surface area contributed by atoms with E-state index in [2.05, 4.69) is 15.2 Å². The van der Waals surface area contributed by atoms with E-state index in [0.717, 1.165) is 0 Å². The van der Waals surface area contributed by atoms with Gasteiger partial charge >= 0.3 is 5.69 Å². The zero-order chi connectivity index (χ0) is 10.1. The number of nitrogens with zero attached hydrogens (tertiary/aromatic N) is 1. The fraction of sp³-hybridized carbons (Fsp3) is 0. The molecule has 6 heteroatoms. The monoisotopic (exact) mass is 194 g/mol. The SMILES string of the molecule is Nc1ccc(-c2n[nH]c(=O)[nH]2)c(F)c1. The number of H-pyrrole nitrogens is 2. The molecule has 0 fully saturated rings. The van der Waals surface area contributed by atoms with E-state index in [1.165, 1.54) is 18.2 Å². The van der Waals surface area contributed by atoms with Crippen LogP contribution in [0.25, 0.3) is 11.4 Å². The molecule has 14 heavy (non-hydrogen) atoms. The van der Waals surface area contributed by atoms with Gasteiger partial charge in [0.2, 0.25) is 0 Å². The minimum absolute atomic E-state index is 0.160. The van der Waals surface area contributed by atoms with Crippen LogP contribution in [-0.2, 0) is 0 Å². The summed E-state index contributed by atoms with van der Waals surface area (Å²) < 4.78 is 13.3. The third-order valence-corrected chi connectivity index (χ3v) is 1.75. The predicted octanol–water partition coefficient (Wildman–Crippen LogP) is 0.486. The Labute approximate surface area is 77.8 Å². The van der Waals surface area contributed by atoms with Gasteiger partial charge in [-0.05, 0) is 18.2 Å².